The largest absolute Gasteiger partial charge is 0.468 e. The molecule has 0 unspecified atom stereocenters. The van der Waals surface area contributed by atoms with Crippen molar-refractivity contribution in [3.05, 3.63) is 0 Å². The average Bonchev–Trinajstić information content (AvgIpc) is 2.50. The van der Waals surface area contributed by atoms with E-state index in [9.17, 15) is 4.79 Å². The fourth-order valence-corrected chi connectivity index (χ4v) is 0.318. The Morgan fingerprint density at radius 2 is 1.90 bits per heavy atom. The van der Waals surface area contributed by atoms with Gasteiger partial charge in [-0.05, 0) is 25.2 Å². The first-order valence-electron chi connectivity index (χ1n) is 3.67. The lowest BCUT2D eigenvalue weighted by Gasteiger charge is -1.86. The molecule has 0 heterocycles. The van der Waals surface area contributed by atoms with Crippen molar-refractivity contribution in [3.63, 3.8) is 0 Å². The van der Waals surface area contributed by atoms with Crippen LogP contribution in [0.5, 0.6) is 0 Å². The summed E-state index contributed by atoms with van der Waals surface area (Å²) in [5.41, 5.74) is 0.750. The SMILES string of the molecule is CC1(C)CC1.CCOC=O. The first kappa shape index (κ1) is 9.47. The molecule has 0 radical (unpaired) electrons. The van der Waals surface area contributed by atoms with Crippen LogP contribution in [0, 0.1) is 5.41 Å². The molecule has 60 valence electrons. The van der Waals surface area contributed by atoms with Crippen LogP contribution in [-0.2, 0) is 9.53 Å². The summed E-state index contributed by atoms with van der Waals surface area (Å²) in [4.78, 5) is 9.18. The molecule has 10 heavy (non-hydrogen) atoms. The predicted molar refractivity (Wildman–Crippen MR) is 40.7 cm³/mol. The van der Waals surface area contributed by atoms with E-state index in [2.05, 4.69) is 18.6 Å². The van der Waals surface area contributed by atoms with Crippen LogP contribution in [0.15, 0.2) is 0 Å². The molecular weight excluding hydrogens is 128 g/mol. The maximum Gasteiger partial charge on any atom is 0.293 e. The Bertz CT molecular complexity index is 91.4. The molecule has 1 rings (SSSR count). The van der Waals surface area contributed by atoms with E-state index in [1.54, 1.807) is 6.92 Å². The summed E-state index contributed by atoms with van der Waals surface area (Å²) in [5, 5.41) is 0. The van der Waals surface area contributed by atoms with Crippen LogP contribution in [-0.4, -0.2) is 13.1 Å². The molecule has 0 aliphatic heterocycles. The molecule has 1 aliphatic rings. The highest BCUT2D eigenvalue weighted by Crippen LogP contribution is 2.43. The number of carbonyl (C=O) groups is 1. The zero-order valence-corrected chi connectivity index (χ0v) is 7.02. The van der Waals surface area contributed by atoms with Crippen LogP contribution in [0.25, 0.3) is 0 Å². The second-order valence-corrected chi connectivity index (χ2v) is 3.22. The fourth-order valence-electron chi connectivity index (χ4n) is 0.318. The highest BCUT2D eigenvalue weighted by Gasteiger charge is 2.30. The summed E-state index contributed by atoms with van der Waals surface area (Å²) in [5.74, 6) is 0. The Balaban J connectivity index is 0.000000162. The van der Waals surface area contributed by atoms with E-state index in [1.807, 2.05) is 0 Å². The zero-order valence-electron chi connectivity index (χ0n) is 7.02. The van der Waals surface area contributed by atoms with E-state index < -0.39 is 0 Å². The summed E-state index contributed by atoms with van der Waals surface area (Å²) < 4.78 is 4.15. The Hall–Kier alpha value is -0.530. The van der Waals surface area contributed by atoms with Crippen LogP contribution >= 0.6 is 0 Å². The van der Waals surface area contributed by atoms with Crippen molar-refractivity contribution in [2.24, 2.45) is 5.41 Å². The topological polar surface area (TPSA) is 26.3 Å². The molecule has 2 nitrogen and oxygen atoms in total. The van der Waals surface area contributed by atoms with Gasteiger partial charge in [-0.15, -0.1) is 0 Å². The zero-order chi connectivity index (χ0) is 8.04. The van der Waals surface area contributed by atoms with Gasteiger partial charge in [-0.1, -0.05) is 13.8 Å². The van der Waals surface area contributed by atoms with Gasteiger partial charge in [-0.2, -0.15) is 0 Å². The second-order valence-electron chi connectivity index (χ2n) is 3.22. The van der Waals surface area contributed by atoms with Gasteiger partial charge in [0, 0.05) is 0 Å². The molecule has 2 heteroatoms. The smallest absolute Gasteiger partial charge is 0.293 e. The van der Waals surface area contributed by atoms with Crippen molar-refractivity contribution in [3.8, 4) is 0 Å². The van der Waals surface area contributed by atoms with Gasteiger partial charge in [-0.25, -0.2) is 0 Å². The first-order chi connectivity index (χ1) is 4.62. The van der Waals surface area contributed by atoms with Gasteiger partial charge < -0.3 is 4.74 Å². The molecule has 0 aromatic rings. The Morgan fingerprint density at radius 1 is 1.50 bits per heavy atom. The Labute approximate surface area is 62.6 Å². The van der Waals surface area contributed by atoms with Crippen LogP contribution in [0.4, 0.5) is 0 Å². The van der Waals surface area contributed by atoms with Crippen molar-refractivity contribution in [2.75, 3.05) is 6.61 Å². The molecule has 0 aromatic heterocycles. The van der Waals surface area contributed by atoms with Crippen LogP contribution in [0.2, 0.25) is 0 Å². The minimum absolute atomic E-state index is 0.431. The van der Waals surface area contributed by atoms with Crippen LogP contribution < -0.4 is 0 Å². The van der Waals surface area contributed by atoms with Crippen molar-refractivity contribution in [2.45, 2.75) is 33.6 Å². The predicted octanol–water partition coefficient (Wildman–Crippen LogP) is 1.99. The molecule has 1 fully saturated rings. The molecule has 1 aliphatic carbocycles. The first-order valence-corrected chi connectivity index (χ1v) is 3.67. The van der Waals surface area contributed by atoms with Gasteiger partial charge in [0.1, 0.15) is 0 Å². The van der Waals surface area contributed by atoms with Gasteiger partial charge in [0.25, 0.3) is 6.47 Å². The monoisotopic (exact) mass is 144 g/mol. The molecule has 0 aromatic carbocycles. The number of hydrogen-bond acceptors (Lipinski definition) is 2. The average molecular weight is 144 g/mol. The molecule has 0 amide bonds. The quantitative estimate of drug-likeness (QED) is 0.554. The maximum absolute atomic E-state index is 9.18. The summed E-state index contributed by atoms with van der Waals surface area (Å²) in [7, 11) is 0. The highest BCUT2D eigenvalue weighted by atomic mass is 16.5. The molecule has 0 N–H and O–H groups in total. The van der Waals surface area contributed by atoms with Gasteiger partial charge in [0.05, 0.1) is 6.61 Å². The number of ether oxygens (including phenoxy) is 1. The van der Waals surface area contributed by atoms with Gasteiger partial charge in [0.15, 0.2) is 0 Å². The van der Waals surface area contributed by atoms with E-state index in [1.165, 1.54) is 12.8 Å². The van der Waals surface area contributed by atoms with Crippen molar-refractivity contribution in [1.82, 2.24) is 0 Å². The summed E-state index contributed by atoms with van der Waals surface area (Å²) >= 11 is 0. The Kier molecular flexibility index (Phi) is 4.08. The normalized spacial score (nSPS) is 18.3. The minimum Gasteiger partial charge on any atom is -0.468 e. The summed E-state index contributed by atoms with van der Waals surface area (Å²) in [6.07, 6.45) is 2.90. The maximum atomic E-state index is 9.18. The van der Waals surface area contributed by atoms with Crippen molar-refractivity contribution < 1.29 is 9.53 Å². The third kappa shape index (κ3) is 7.47. The van der Waals surface area contributed by atoms with Crippen molar-refractivity contribution in [1.29, 1.82) is 0 Å². The summed E-state index contributed by atoms with van der Waals surface area (Å²) in [6, 6.07) is 0. The summed E-state index contributed by atoms with van der Waals surface area (Å²) in [6.45, 7) is 7.26. The third-order valence-corrected chi connectivity index (χ3v) is 1.48. The van der Waals surface area contributed by atoms with E-state index in [-0.39, 0.29) is 0 Å². The standard InChI is InChI=1S/C5H10.C3H6O2/c1-5(2)3-4-5;1-2-5-3-4/h3-4H2,1-2H3;3H,2H2,1H3. The van der Waals surface area contributed by atoms with Gasteiger partial charge >= 0.3 is 0 Å². The van der Waals surface area contributed by atoms with Gasteiger partial charge in [-0.3, -0.25) is 4.79 Å². The molecule has 0 bridgehead atoms. The van der Waals surface area contributed by atoms with E-state index in [4.69, 9.17) is 0 Å². The number of rotatable bonds is 2. The lowest BCUT2D eigenvalue weighted by Crippen LogP contribution is -1.80. The van der Waals surface area contributed by atoms with Crippen molar-refractivity contribution >= 4 is 6.47 Å². The number of hydrogen-bond donors (Lipinski definition) is 0. The molecule has 0 spiro atoms. The van der Waals surface area contributed by atoms with E-state index in [0.717, 1.165) is 5.41 Å². The molecule has 0 atom stereocenters. The number of carbonyl (C=O) groups excluding carboxylic acids is 1. The highest BCUT2D eigenvalue weighted by molar-refractivity contribution is 5.36. The second kappa shape index (κ2) is 4.31. The Morgan fingerprint density at radius 3 is 1.90 bits per heavy atom. The molecule has 0 saturated heterocycles. The third-order valence-electron chi connectivity index (χ3n) is 1.48. The van der Waals surface area contributed by atoms with E-state index >= 15 is 0 Å². The van der Waals surface area contributed by atoms with Crippen LogP contribution in [0.3, 0.4) is 0 Å². The lowest BCUT2D eigenvalue weighted by molar-refractivity contribution is -0.128. The van der Waals surface area contributed by atoms with E-state index in [0.29, 0.717) is 13.1 Å². The lowest BCUT2D eigenvalue weighted by atomic mass is 10.2. The fraction of sp³-hybridized carbons (Fsp3) is 0.875. The molecule has 1 saturated carbocycles. The molecular formula is C8H16O2. The minimum atomic E-state index is 0.431. The van der Waals surface area contributed by atoms with Crippen LogP contribution in [0.1, 0.15) is 33.6 Å². The van der Waals surface area contributed by atoms with Gasteiger partial charge in [0.2, 0.25) is 0 Å².